The monoisotopic (exact) mass is 449 g/mol. The van der Waals surface area contributed by atoms with Gasteiger partial charge >= 0.3 is 0 Å². The largest absolute Gasteiger partial charge is 0.349 e. The van der Waals surface area contributed by atoms with Crippen molar-refractivity contribution < 1.29 is 9.59 Å². The molecule has 2 heterocycles. The highest BCUT2D eigenvalue weighted by Crippen LogP contribution is 2.65. The van der Waals surface area contributed by atoms with Crippen molar-refractivity contribution in [2.75, 3.05) is 5.32 Å². The first kappa shape index (κ1) is 22.6. The van der Waals surface area contributed by atoms with E-state index in [2.05, 4.69) is 35.5 Å². The summed E-state index contributed by atoms with van der Waals surface area (Å²) in [5, 5.41) is 6.22. The van der Waals surface area contributed by atoms with E-state index in [1.807, 2.05) is 12.1 Å². The van der Waals surface area contributed by atoms with Crippen LogP contribution in [-0.2, 0) is 9.59 Å². The minimum Gasteiger partial charge on any atom is -0.349 e. The van der Waals surface area contributed by atoms with Gasteiger partial charge < -0.3 is 10.6 Å². The van der Waals surface area contributed by atoms with Crippen molar-refractivity contribution in [3.05, 3.63) is 36.7 Å². The Morgan fingerprint density at radius 3 is 2.85 bits per heavy atom. The smallest absolute Gasteiger partial charge is 0.243 e. The van der Waals surface area contributed by atoms with Crippen molar-refractivity contribution in [2.24, 2.45) is 34.5 Å². The first-order valence-electron chi connectivity index (χ1n) is 13.1. The van der Waals surface area contributed by atoms with Gasteiger partial charge in [0.05, 0.1) is 11.9 Å². The zero-order valence-corrected chi connectivity index (χ0v) is 20.2. The predicted molar refractivity (Wildman–Crippen MR) is 130 cm³/mol. The maximum absolute atomic E-state index is 12.3. The molecule has 33 heavy (non-hydrogen) atoms. The molecule has 178 valence electrons. The maximum Gasteiger partial charge on any atom is 0.243 e. The molecule has 7 atom stereocenters. The van der Waals surface area contributed by atoms with Gasteiger partial charge in [0.25, 0.3) is 0 Å². The van der Waals surface area contributed by atoms with Gasteiger partial charge in [0.2, 0.25) is 11.8 Å². The van der Waals surface area contributed by atoms with Crippen LogP contribution in [0.4, 0.5) is 5.69 Å². The number of carbonyl (C=O) groups is 2. The molecule has 1 aromatic rings. The third-order valence-electron chi connectivity index (χ3n) is 10.0. The lowest BCUT2D eigenvalue weighted by Gasteiger charge is -2.59. The van der Waals surface area contributed by atoms with Crippen molar-refractivity contribution in [3.63, 3.8) is 0 Å². The van der Waals surface area contributed by atoms with Crippen LogP contribution >= 0.6 is 0 Å². The number of fused-ring (bicyclic) bond motifs is 5. The molecule has 4 aliphatic rings. The van der Waals surface area contributed by atoms with Crippen LogP contribution in [0.15, 0.2) is 36.7 Å². The molecule has 0 aromatic carbocycles. The predicted octanol–water partition coefficient (Wildman–Crippen LogP) is 5.49. The highest BCUT2D eigenvalue weighted by Gasteiger charge is 2.59. The summed E-state index contributed by atoms with van der Waals surface area (Å²) < 4.78 is 0. The minimum atomic E-state index is 0.0895. The Bertz CT molecular complexity index is 915. The van der Waals surface area contributed by atoms with E-state index in [-0.39, 0.29) is 17.2 Å². The van der Waals surface area contributed by atoms with Crippen LogP contribution in [0.3, 0.4) is 0 Å². The molecule has 0 spiro atoms. The standard InChI is InChI=1S/C28H39N3O2/c1-27-15-13-23-21(10-12-24-28(23,2)16-14-26(33)31-24)22(27)11-9-19(27)6-3-4-8-25(32)30-20-7-5-17-29-18-20/h5,7,14,16-19,21-24H,3-4,6,8-13,15H2,1-2H3,(H,30,32)(H,31,33)/t19-,21-,22-,23-,24+,27+,28+/m0/s1. The second-order valence-electron chi connectivity index (χ2n) is 11.6. The average molecular weight is 450 g/mol. The minimum absolute atomic E-state index is 0.0895. The van der Waals surface area contributed by atoms with E-state index in [9.17, 15) is 9.59 Å². The van der Waals surface area contributed by atoms with Gasteiger partial charge in [0.15, 0.2) is 0 Å². The summed E-state index contributed by atoms with van der Waals surface area (Å²) in [5.74, 6) is 3.28. The Kier molecular flexibility index (Phi) is 6.09. The number of carbonyl (C=O) groups excluding carboxylic acids is 2. The third-order valence-corrected chi connectivity index (χ3v) is 10.0. The number of unbranched alkanes of at least 4 members (excludes halogenated alkanes) is 1. The number of hydrogen-bond donors (Lipinski definition) is 2. The van der Waals surface area contributed by atoms with Crippen molar-refractivity contribution in [1.29, 1.82) is 0 Å². The number of nitrogens with zero attached hydrogens (tertiary/aromatic N) is 1. The molecule has 5 nitrogen and oxygen atoms in total. The Balaban J connectivity index is 1.15. The number of pyridine rings is 1. The molecule has 3 fully saturated rings. The third kappa shape index (κ3) is 4.13. The van der Waals surface area contributed by atoms with Crippen LogP contribution in [0.2, 0.25) is 0 Å². The molecule has 0 unspecified atom stereocenters. The van der Waals surface area contributed by atoms with Crippen LogP contribution in [0, 0.1) is 34.5 Å². The van der Waals surface area contributed by atoms with Gasteiger partial charge in [-0.25, -0.2) is 0 Å². The number of hydrogen-bond acceptors (Lipinski definition) is 3. The van der Waals surface area contributed by atoms with E-state index in [4.69, 9.17) is 0 Å². The van der Waals surface area contributed by atoms with E-state index in [1.165, 1.54) is 38.5 Å². The molecule has 2 N–H and O–H groups in total. The van der Waals surface area contributed by atoms with Gasteiger partial charge in [0.1, 0.15) is 0 Å². The molecule has 0 saturated heterocycles. The normalized spacial score (nSPS) is 39.2. The average Bonchev–Trinajstić information content (AvgIpc) is 3.14. The lowest BCUT2D eigenvalue weighted by Crippen LogP contribution is -2.59. The van der Waals surface area contributed by atoms with E-state index in [0.717, 1.165) is 42.7 Å². The zero-order chi connectivity index (χ0) is 23.1. The molecule has 5 heteroatoms. The van der Waals surface area contributed by atoms with Crippen molar-refractivity contribution in [2.45, 2.75) is 84.1 Å². The van der Waals surface area contributed by atoms with Crippen LogP contribution in [0.5, 0.6) is 0 Å². The number of nitrogens with one attached hydrogen (secondary N) is 2. The van der Waals surface area contributed by atoms with Gasteiger partial charge in [-0.15, -0.1) is 0 Å². The van der Waals surface area contributed by atoms with Crippen molar-refractivity contribution in [1.82, 2.24) is 10.3 Å². The second kappa shape index (κ2) is 8.88. The van der Waals surface area contributed by atoms with Gasteiger partial charge in [-0.05, 0) is 98.7 Å². The maximum atomic E-state index is 12.3. The number of aromatic nitrogens is 1. The van der Waals surface area contributed by atoms with E-state index in [0.29, 0.717) is 23.8 Å². The number of amides is 2. The fraction of sp³-hybridized carbons (Fsp3) is 0.679. The molecular formula is C28H39N3O2. The quantitative estimate of drug-likeness (QED) is 0.564. The summed E-state index contributed by atoms with van der Waals surface area (Å²) in [4.78, 5) is 28.2. The van der Waals surface area contributed by atoms with Crippen LogP contribution < -0.4 is 10.6 Å². The number of rotatable bonds is 6. The Labute approximate surface area is 198 Å². The Hall–Kier alpha value is -2.17. The van der Waals surface area contributed by atoms with Gasteiger partial charge in [-0.3, -0.25) is 14.6 Å². The van der Waals surface area contributed by atoms with Crippen molar-refractivity contribution >= 4 is 17.5 Å². The van der Waals surface area contributed by atoms with Crippen LogP contribution in [0.25, 0.3) is 0 Å². The highest BCUT2D eigenvalue weighted by atomic mass is 16.2. The van der Waals surface area contributed by atoms with Gasteiger partial charge in [-0.1, -0.05) is 26.3 Å². The summed E-state index contributed by atoms with van der Waals surface area (Å²) in [6.07, 6.45) is 19.1. The summed E-state index contributed by atoms with van der Waals surface area (Å²) >= 11 is 0. The SMILES string of the molecule is C[C@]12C=CC(=O)N[C@@H]1CC[C@@H]1[C@@H]2CC[C@]2(C)[C@@H](CCCCC(=O)Nc3cccnc3)CC[C@@H]12. The summed E-state index contributed by atoms with van der Waals surface area (Å²) in [6.45, 7) is 4.98. The Morgan fingerprint density at radius 2 is 2.03 bits per heavy atom. The molecule has 3 aliphatic carbocycles. The molecule has 1 aliphatic heterocycles. The van der Waals surface area contributed by atoms with E-state index < -0.39 is 0 Å². The highest BCUT2D eigenvalue weighted by molar-refractivity contribution is 5.90. The molecule has 0 radical (unpaired) electrons. The van der Waals surface area contributed by atoms with Gasteiger partial charge in [-0.2, -0.15) is 0 Å². The lowest BCUT2D eigenvalue weighted by molar-refractivity contribution is -0.122. The summed E-state index contributed by atoms with van der Waals surface area (Å²) in [5.41, 5.74) is 1.35. The summed E-state index contributed by atoms with van der Waals surface area (Å²) in [6, 6.07) is 4.04. The van der Waals surface area contributed by atoms with Crippen molar-refractivity contribution in [3.8, 4) is 0 Å². The Morgan fingerprint density at radius 1 is 1.15 bits per heavy atom. The molecular weight excluding hydrogens is 410 g/mol. The summed E-state index contributed by atoms with van der Waals surface area (Å²) in [7, 11) is 0. The number of anilines is 1. The first-order valence-corrected chi connectivity index (χ1v) is 13.1. The molecule has 1 aromatic heterocycles. The first-order chi connectivity index (χ1) is 15.9. The fourth-order valence-electron chi connectivity index (χ4n) is 8.25. The lowest BCUT2D eigenvalue weighted by atomic mass is 9.48. The second-order valence-corrected chi connectivity index (χ2v) is 11.6. The van der Waals surface area contributed by atoms with Crippen LogP contribution in [0.1, 0.15) is 78.1 Å². The molecule has 2 amide bonds. The van der Waals surface area contributed by atoms with E-state index in [1.54, 1.807) is 18.5 Å². The van der Waals surface area contributed by atoms with E-state index >= 15 is 0 Å². The molecule has 5 rings (SSSR count). The zero-order valence-electron chi connectivity index (χ0n) is 20.2. The fourth-order valence-corrected chi connectivity index (χ4v) is 8.25. The van der Waals surface area contributed by atoms with Gasteiger partial charge in [0, 0.05) is 24.1 Å². The molecule has 3 saturated carbocycles. The molecule has 0 bridgehead atoms. The topological polar surface area (TPSA) is 71.1 Å². The van der Waals surface area contributed by atoms with Crippen LogP contribution in [-0.4, -0.2) is 22.8 Å².